The maximum atomic E-state index is 8.52. The number of rotatable bonds is 3. The third-order valence-electron chi connectivity index (χ3n) is 2.41. The normalized spacial score (nSPS) is 32.2. The predicted molar refractivity (Wildman–Crippen MR) is 44.5 cm³/mol. The van der Waals surface area contributed by atoms with Crippen molar-refractivity contribution in [3.8, 4) is 0 Å². The van der Waals surface area contributed by atoms with Crippen molar-refractivity contribution < 1.29 is 9.84 Å². The molecule has 0 aromatic rings. The lowest BCUT2D eigenvalue weighted by Gasteiger charge is -2.25. The zero-order chi connectivity index (χ0) is 8.10. The molecule has 1 saturated carbocycles. The first-order chi connectivity index (χ1) is 5.33. The van der Waals surface area contributed by atoms with Crippen molar-refractivity contribution in [2.45, 2.75) is 38.7 Å². The van der Waals surface area contributed by atoms with Crippen LogP contribution in [0.5, 0.6) is 0 Å². The number of aliphatic hydroxyl groups is 1. The molecule has 1 rings (SSSR count). The van der Waals surface area contributed by atoms with Crippen molar-refractivity contribution in [3.63, 3.8) is 0 Å². The Morgan fingerprint density at radius 3 is 2.45 bits per heavy atom. The molecule has 0 amide bonds. The van der Waals surface area contributed by atoms with E-state index in [1.165, 1.54) is 25.7 Å². The molecule has 0 heterocycles. The van der Waals surface area contributed by atoms with Gasteiger partial charge in [-0.2, -0.15) is 0 Å². The molecule has 2 nitrogen and oxygen atoms in total. The van der Waals surface area contributed by atoms with Gasteiger partial charge in [0.05, 0.1) is 19.3 Å². The van der Waals surface area contributed by atoms with Gasteiger partial charge in [0.15, 0.2) is 0 Å². The van der Waals surface area contributed by atoms with Gasteiger partial charge in [-0.1, -0.05) is 6.92 Å². The molecule has 0 atom stereocenters. The first kappa shape index (κ1) is 9.01. The fourth-order valence-electron chi connectivity index (χ4n) is 1.62. The summed E-state index contributed by atoms with van der Waals surface area (Å²) in [5.74, 6) is 0.879. The zero-order valence-electron chi connectivity index (χ0n) is 7.25. The maximum absolute atomic E-state index is 8.52. The van der Waals surface area contributed by atoms with Crippen molar-refractivity contribution >= 4 is 0 Å². The van der Waals surface area contributed by atoms with Crippen molar-refractivity contribution in [1.82, 2.24) is 0 Å². The average molecular weight is 158 g/mol. The number of hydrogen-bond donors (Lipinski definition) is 1. The van der Waals surface area contributed by atoms with Gasteiger partial charge in [0.1, 0.15) is 0 Å². The summed E-state index contributed by atoms with van der Waals surface area (Å²) < 4.78 is 5.43. The van der Waals surface area contributed by atoms with Gasteiger partial charge in [-0.05, 0) is 31.6 Å². The van der Waals surface area contributed by atoms with Gasteiger partial charge in [0.25, 0.3) is 0 Å². The van der Waals surface area contributed by atoms with E-state index in [1.54, 1.807) is 0 Å². The minimum absolute atomic E-state index is 0.159. The lowest BCUT2D eigenvalue weighted by atomic mass is 9.89. The summed E-state index contributed by atoms with van der Waals surface area (Å²) in [5.41, 5.74) is 0. The van der Waals surface area contributed by atoms with Gasteiger partial charge in [-0.15, -0.1) is 0 Å². The smallest absolute Gasteiger partial charge is 0.0701 e. The highest BCUT2D eigenvalue weighted by Crippen LogP contribution is 2.25. The van der Waals surface area contributed by atoms with Gasteiger partial charge < -0.3 is 9.84 Å². The molecule has 0 saturated heterocycles. The molecule has 0 unspecified atom stereocenters. The molecule has 0 spiro atoms. The Balaban J connectivity index is 2.07. The standard InChI is InChI=1S/C9H18O2/c1-8-2-4-9(5-3-8)11-7-6-10/h8-10H,2-7H2,1H3/t8-,9-. The van der Waals surface area contributed by atoms with Crippen LogP contribution in [0.4, 0.5) is 0 Å². The lowest BCUT2D eigenvalue weighted by molar-refractivity contribution is 0.00191. The van der Waals surface area contributed by atoms with Crippen LogP contribution in [0, 0.1) is 5.92 Å². The first-order valence-electron chi connectivity index (χ1n) is 4.55. The molecule has 1 fully saturated rings. The van der Waals surface area contributed by atoms with Crippen LogP contribution >= 0.6 is 0 Å². The van der Waals surface area contributed by atoms with E-state index in [-0.39, 0.29) is 6.61 Å². The molecule has 1 N–H and O–H groups in total. The summed E-state index contributed by atoms with van der Waals surface area (Å²) in [6, 6.07) is 0. The molecule has 0 radical (unpaired) electrons. The Kier molecular flexibility index (Phi) is 3.87. The Morgan fingerprint density at radius 1 is 1.27 bits per heavy atom. The van der Waals surface area contributed by atoms with E-state index in [9.17, 15) is 0 Å². The molecule has 66 valence electrons. The van der Waals surface area contributed by atoms with Crippen molar-refractivity contribution in [3.05, 3.63) is 0 Å². The minimum Gasteiger partial charge on any atom is -0.394 e. The average Bonchev–Trinajstić information content (AvgIpc) is 2.04. The van der Waals surface area contributed by atoms with Crippen LogP contribution in [0.1, 0.15) is 32.6 Å². The highest BCUT2D eigenvalue weighted by atomic mass is 16.5. The van der Waals surface area contributed by atoms with Gasteiger partial charge in [0, 0.05) is 0 Å². The minimum atomic E-state index is 0.159. The quantitative estimate of drug-likeness (QED) is 0.675. The molecule has 0 bridgehead atoms. The van der Waals surface area contributed by atoms with Gasteiger partial charge >= 0.3 is 0 Å². The zero-order valence-corrected chi connectivity index (χ0v) is 7.25. The number of aliphatic hydroxyl groups excluding tert-OH is 1. The molecule has 2 heteroatoms. The summed E-state index contributed by atoms with van der Waals surface area (Å²) in [7, 11) is 0. The van der Waals surface area contributed by atoms with Gasteiger partial charge in [-0.25, -0.2) is 0 Å². The largest absolute Gasteiger partial charge is 0.394 e. The van der Waals surface area contributed by atoms with Crippen molar-refractivity contribution in [1.29, 1.82) is 0 Å². The van der Waals surface area contributed by atoms with E-state index in [4.69, 9.17) is 9.84 Å². The Hall–Kier alpha value is -0.0800. The highest BCUT2D eigenvalue weighted by molar-refractivity contribution is 4.69. The second kappa shape index (κ2) is 4.73. The number of hydrogen-bond acceptors (Lipinski definition) is 2. The first-order valence-corrected chi connectivity index (χ1v) is 4.55. The van der Waals surface area contributed by atoms with Crippen LogP contribution in [-0.2, 0) is 4.74 Å². The Morgan fingerprint density at radius 2 is 1.91 bits per heavy atom. The van der Waals surface area contributed by atoms with E-state index in [1.807, 2.05) is 0 Å². The van der Waals surface area contributed by atoms with E-state index in [0.29, 0.717) is 12.7 Å². The van der Waals surface area contributed by atoms with Crippen molar-refractivity contribution in [2.75, 3.05) is 13.2 Å². The van der Waals surface area contributed by atoms with E-state index in [0.717, 1.165) is 5.92 Å². The Labute approximate surface area is 68.6 Å². The van der Waals surface area contributed by atoms with E-state index < -0.39 is 0 Å². The molecular formula is C9H18O2. The van der Waals surface area contributed by atoms with Gasteiger partial charge in [-0.3, -0.25) is 0 Å². The van der Waals surface area contributed by atoms with E-state index >= 15 is 0 Å². The predicted octanol–water partition coefficient (Wildman–Crippen LogP) is 1.57. The Bertz CT molecular complexity index is 93.0. The molecule has 11 heavy (non-hydrogen) atoms. The lowest BCUT2D eigenvalue weighted by Crippen LogP contribution is -2.21. The molecule has 1 aliphatic rings. The van der Waals surface area contributed by atoms with Crippen LogP contribution in [-0.4, -0.2) is 24.4 Å². The second-order valence-corrected chi connectivity index (χ2v) is 3.48. The van der Waals surface area contributed by atoms with Crippen LogP contribution in [0.25, 0.3) is 0 Å². The summed E-state index contributed by atoms with van der Waals surface area (Å²) in [6.07, 6.45) is 5.37. The summed E-state index contributed by atoms with van der Waals surface area (Å²) in [5, 5.41) is 8.52. The molecule has 0 aromatic heterocycles. The fraction of sp³-hybridized carbons (Fsp3) is 1.00. The summed E-state index contributed by atoms with van der Waals surface area (Å²) in [6.45, 7) is 2.97. The second-order valence-electron chi connectivity index (χ2n) is 3.48. The molecular weight excluding hydrogens is 140 g/mol. The third kappa shape index (κ3) is 3.21. The summed E-state index contributed by atoms with van der Waals surface area (Å²) >= 11 is 0. The number of ether oxygens (including phenoxy) is 1. The SMILES string of the molecule is C[C@H]1CC[C@H](OCCO)CC1. The monoisotopic (exact) mass is 158 g/mol. The molecule has 0 aromatic carbocycles. The van der Waals surface area contributed by atoms with Crippen LogP contribution in [0.3, 0.4) is 0 Å². The third-order valence-corrected chi connectivity index (χ3v) is 2.41. The highest BCUT2D eigenvalue weighted by Gasteiger charge is 2.17. The fourth-order valence-corrected chi connectivity index (χ4v) is 1.62. The van der Waals surface area contributed by atoms with Crippen LogP contribution < -0.4 is 0 Å². The maximum Gasteiger partial charge on any atom is 0.0701 e. The topological polar surface area (TPSA) is 29.5 Å². The van der Waals surface area contributed by atoms with Crippen LogP contribution in [0.2, 0.25) is 0 Å². The van der Waals surface area contributed by atoms with E-state index in [2.05, 4.69) is 6.92 Å². The molecule has 0 aliphatic heterocycles. The van der Waals surface area contributed by atoms with Crippen molar-refractivity contribution in [2.24, 2.45) is 5.92 Å². The summed E-state index contributed by atoms with van der Waals surface area (Å²) in [4.78, 5) is 0. The van der Waals surface area contributed by atoms with Gasteiger partial charge in [0.2, 0.25) is 0 Å². The molecule has 1 aliphatic carbocycles. The van der Waals surface area contributed by atoms with Crippen LogP contribution in [0.15, 0.2) is 0 Å².